The molecule has 92 valence electrons. The summed E-state index contributed by atoms with van der Waals surface area (Å²) in [6, 6.07) is 5.39. The second-order valence-corrected chi connectivity index (χ2v) is 4.41. The Bertz CT molecular complexity index is 504. The molecule has 2 rings (SSSR count). The lowest BCUT2D eigenvalue weighted by Gasteiger charge is -2.13. The lowest BCUT2D eigenvalue weighted by Crippen LogP contribution is -2.11. The van der Waals surface area contributed by atoms with Crippen molar-refractivity contribution in [2.75, 3.05) is 5.73 Å². The zero-order chi connectivity index (χ0) is 11.7. The van der Waals surface area contributed by atoms with E-state index in [1.807, 2.05) is 17.5 Å². The van der Waals surface area contributed by atoms with Crippen LogP contribution < -0.4 is 11.5 Å². The number of phenolic OH excluding ortho intramolecular Hbond substituents is 1. The standard InChI is InChI=1S/C11H11FN2OS.ClH/c12-6-4-7(11(15)8(13)5-6)10(14)9-2-1-3-16-9;/h1-5,10,15H,13-14H2;1H/t10-;/m1./s1. The van der Waals surface area contributed by atoms with Crippen molar-refractivity contribution in [1.82, 2.24) is 0 Å². The van der Waals surface area contributed by atoms with Crippen molar-refractivity contribution in [2.45, 2.75) is 6.04 Å². The van der Waals surface area contributed by atoms with Crippen LogP contribution in [-0.4, -0.2) is 5.11 Å². The zero-order valence-electron chi connectivity index (χ0n) is 8.76. The summed E-state index contributed by atoms with van der Waals surface area (Å²) in [6.45, 7) is 0. The summed E-state index contributed by atoms with van der Waals surface area (Å²) in [4.78, 5) is 0.848. The Morgan fingerprint density at radius 3 is 2.65 bits per heavy atom. The number of benzene rings is 1. The molecule has 0 saturated heterocycles. The molecule has 6 heteroatoms. The van der Waals surface area contributed by atoms with E-state index in [4.69, 9.17) is 11.5 Å². The maximum Gasteiger partial charge on any atom is 0.143 e. The molecule has 0 aliphatic rings. The average molecular weight is 275 g/mol. The molecule has 1 aromatic carbocycles. The fourth-order valence-corrected chi connectivity index (χ4v) is 2.25. The van der Waals surface area contributed by atoms with Gasteiger partial charge in [-0.3, -0.25) is 0 Å². The molecule has 17 heavy (non-hydrogen) atoms. The SMILES string of the molecule is Cl.Nc1cc(F)cc([C@@H](N)c2cccs2)c1O. The topological polar surface area (TPSA) is 72.3 Å². The van der Waals surface area contributed by atoms with Gasteiger partial charge in [-0.1, -0.05) is 6.07 Å². The maximum atomic E-state index is 13.2. The van der Waals surface area contributed by atoms with Gasteiger partial charge in [0.2, 0.25) is 0 Å². The summed E-state index contributed by atoms with van der Waals surface area (Å²) in [5.74, 6) is -0.653. The highest BCUT2D eigenvalue weighted by molar-refractivity contribution is 7.10. The summed E-state index contributed by atoms with van der Waals surface area (Å²) < 4.78 is 13.2. The molecule has 5 N–H and O–H groups in total. The van der Waals surface area contributed by atoms with Gasteiger partial charge in [-0.2, -0.15) is 0 Å². The summed E-state index contributed by atoms with van der Waals surface area (Å²) in [5.41, 5.74) is 11.7. The van der Waals surface area contributed by atoms with E-state index in [9.17, 15) is 9.50 Å². The Kier molecular flexibility index (Phi) is 4.34. The second-order valence-electron chi connectivity index (χ2n) is 3.43. The molecular weight excluding hydrogens is 263 g/mol. The predicted octanol–water partition coefficient (Wildman–Crippen LogP) is 2.64. The monoisotopic (exact) mass is 274 g/mol. The first-order valence-corrected chi connectivity index (χ1v) is 5.54. The van der Waals surface area contributed by atoms with E-state index in [-0.39, 0.29) is 23.8 Å². The first kappa shape index (κ1) is 13.8. The Hall–Kier alpha value is -1.30. The van der Waals surface area contributed by atoms with E-state index in [1.165, 1.54) is 17.4 Å². The van der Waals surface area contributed by atoms with Crippen molar-refractivity contribution in [3.05, 3.63) is 45.9 Å². The van der Waals surface area contributed by atoms with Crippen LogP contribution in [0.4, 0.5) is 10.1 Å². The van der Waals surface area contributed by atoms with Crippen molar-refractivity contribution in [3.63, 3.8) is 0 Å². The molecule has 0 aliphatic carbocycles. The largest absolute Gasteiger partial charge is 0.505 e. The number of aromatic hydroxyl groups is 1. The van der Waals surface area contributed by atoms with E-state index >= 15 is 0 Å². The molecule has 2 aromatic rings. The number of halogens is 2. The summed E-state index contributed by atoms with van der Waals surface area (Å²) in [7, 11) is 0. The summed E-state index contributed by atoms with van der Waals surface area (Å²) in [5, 5.41) is 11.6. The van der Waals surface area contributed by atoms with E-state index in [0.717, 1.165) is 10.9 Å². The van der Waals surface area contributed by atoms with Crippen molar-refractivity contribution in [3.8, 4) is 5.75 Å². The first-order valence-electron chi connectivity index (χ1n) is 4.66. The van der Waals surface area contributed by atoms with Gasteiger partial charge < -0.3 is 16.6 Å². The minimum absolute atomic E-state index is 0. The van der Waals surface area contributed by atoms with Crippen LogP contribution in [0, 0.1) is 5.82 Å². The van der Waals surface area contributed by atoms with E-state index in [0.29, 0.717) is 5.56 Å². The third-order valence-electron chi connectivity index (χ3n) is 2.32. The molecule has 0 spiro atoms. The van der Waals surface area contributed by atoms with Gasteiger partial charge in [0.1, 0.15) is 11.6 Å². The fourth-order valence-electron chi connectivity index (χ4n) is 1.50. The molecule has 3 nitrogen and oxygen atoms in total. The Morgan fingerprint density at radius 1 is 1.35 bits per heavy atom. The highest BCUT2D eigenvalue weighted by atomic mass is 35.5. The Balaban J connectivity index is 0.00000144. The fraction of sp³-hybridized carbons (Fsp3) is 0.0909. The van der Waals surface area contributed by atoms with Crippen LogP contribution in [0.25, 0.3) is 0 Å². The van der Waals surface area contributed by atoms with E-state index in [1.54, 1.807) is 0 Å². The molecular formula is C11H12ClFN2OS. The molecule has 1 atom stereocenters. The number of phenols is 1. The predicted molar refractivity (Wildman–Crippen MR) is 70.1 cm³/mol. The van der Waals surface area contributed by atoms with E-state index < -0.39 is 11.9 Å². The molecule has 0 bridgehead atoms. The van der Waals surface area contributed by atoms with Gasteiger partial charge >= 0.3 is 0 Å². The number of thiophene rings is 1. The van der Waals surface area contributed by atoms with Crippen LogP contribution in [0.2, 0.25) is 0 Å². The summed E-state index contributed by atoms with van der Waals surface area (Å²) in [6.07, 6.45) is 0. The van der Waals surface area contributed by atoms with Gasteiger partial charge in [0.15, 0.2) is 0 Å². The third-order valence-corrected chi connectivity index (χ3v) is 3.27. The lowest BCUT2D eigenvalue weighted by molar-refractivity contribution is 0.465. The summed E-state index contributed by atoms with van der Waals surface area (Å²) >= 11 is 1.45. The van der Waals surface area contributed by atoms with Crippen LogP contribution in [0.3, 0.4) is 0 Å². The van der Waals surface area contributed by atoms with E-state index in [2.05, 4.69) is 0 Å². The third kappa shape index (κ3) is 2.69. The average Bonchev–Trinajstić information content (AvgIpc) is 2.75. The van der Waals surface area contributed by atoms with Crippen LogP contribution in [-0.2, 0) is 0 Å². The minimum Gasteiger partial charge on any atom is -0.505 e. The van der Waals surface area contributed by atoms with Crippen molar-refractivity contribution in [1.29, 1.82) is 0 Å². The van der Waals surface area contributed by atoms with Gasteiger partial charge in [0, 0.05) is 16.5 Å². The zero-order valence-corrected chi connectivity index (χ0v) is 10.4. The van der Waals surface area contributed by atoms with Crippen molar-refractivity contribution >= 4 is 29.4 Å². The number of rotatable bonds is 2. The quantitative estimate of drug-likeness (QED) is 0.582. The molecule has 0 saturated carbocycles. The molecule has 0 aliphatic heterocycles. The highest BCUT2D eigenvalue weighted by Crippen LogP contribution is 2.34. The first-order chi connectivity index (χ1) is 7.59. The van der Waals surface area contributed by atoms with Crippen LogP contribution in [0.5, 0.6) is 5.75 Å². The normalized spacial score (nSPS) is 11.9. The number of hydrogen-bond donors (Lipinski definition) is 3. The number of nitrogen functional groups attached to an aromatic ring is 1. The molecule has 1 aromatic heterocycles. The minimum atomic E-state index is -0.557. The Morgan fingerprint density at radius 2 is 2.06 bits per heavy atom. The van der Waals surface area contributed by atoms with Crippen molar-refractivity contribution in [2.24, 2.45) is 5.73 Å². The lowest BCUT2D eigenvalue weighted by atomic mass is 10.0. The number of nitrogens with two attached hydrogens (primary N) is 2. The van der Waals surface area contributed by atoms with Gasteiger partial charge in [-0.05, 0) is 17.5 Å². The number of anilines is 1. The molecule has 0 unspecified atom stereocenters. The van der Waals surface area contributed by atoms with Crippen molar-refractivity contribution < 1.29 is 9.50 Å². The maximum absolute atomic E-state index is 13.2. The van der Waals surface area contributed by atoms with Crippen LogP contribution in [0.1, 0.15) is 16.5 Å². The van der Waals surface area contributed by atoms with Crippen LogP contribution in [0.15, 0.2) is 29.6 Å². The molecule has 1 heterocycles. The molecule has 0 radical (unpaired) electrons. The van der Waals surface area contributed by atoms with Gasteiger partial charge in [0.05, 0.1) is 11.7 Å². The van der Waals surface area contributed by atoms with Gasteiger partial charge in [-0.15, -0.1) is 23.7 Å². The Labute approximate surface area is 108 Å². The van der Waals surface area contributed by atoms with Crippen LogP contribution >= 0.6 is 23.7 Å². The highest BCUT2D eigenvalue weighted by Gasteiger charge is 2.17. The smallest absolute Gasteiger partial charge is 0.143 e. The van der Waals surface area contributed by atoms with Gasteiger partial charge in [-0.25, -0.2) is 4.39 Å². The second kappa shape index (κ2) is 5.35. The number of hydrogen-bond acceptors (Lipinski definition) is 4. The molecule has 0 amide bonds. The van der Waals surface area contributed by atoms with Gasteiger partial charge in [0.25, 0.3) is 0 Å². The molecule has 0 fully saturated rings.